The summed E-state index contributed by atoms with van der Waals surface area (Å²) in [5.41, 5.74) is 6.88. The first-order chi connectivity index (χ1) is 15.0. The monoisotopic (exact) mass is 409 g/mol. The lowest BCUT2D eigenvalue weighted by Crippen LogP contribution is -2.54. The van der Waals surface area contributed by atoms with Crippen molar-refractivity contribution in [1.82, 2.24) is 0 Å². The lowest BCUT2D eigenvalue weighted by atomic mass is 9.82. The highest BCUT2D eigenvalue weighted by Gasteiger charge is 2.46. The molecular formula is C27H27N3O. The lowest BCUT2D eigenvalue weighted by molar-refractivity contribution is 0.0136. The van der Waals surface area contributed by atoms with Crippen LogP contribution in [0.25, 0.3) is 0 Å². The van der Waals surface area contributed by atoms with E-state index in [0.717, 1.165) is 17.8 Å². The van der Waals surface area contributed by atoms with Crippen molar-refractivity contribution in [3.63, 3.8) is 0 Å². The molecule has 0 aromatic heterocycles. The van der Waals surface area contributed by atoms with Crippen molar-refractivity contribution >= 4 is 11.4 Å². The zero-order valence-corrected chi connectivity index (χ0v) is 18.0. The van der Waals surface area contributed by atoms with E-state index in [4.69, 9.17) is 0 Å². The molecule has 5 rings (SSSR count). The molecule has 0 fully saturated rings. The highest BCUT2D eigenvalue weighted by atomic mass is 16.3. The number of benzene rings is 3. The molecule has 0 saturated carbocycles. The fourth-order valence-corrected chi connectivity index (χ4v) is 5.25. The van der Waals surface area contributed by atoms with Gasteiger partial charge in [0.2, 0.25) is 0 Å². The number of hydrogen-bond acceptors (Lipinski definition) is 4. The van der Waals surface area contributed by atoms with Crippen LogP contribution in [0.1, 0.15) is 34.2 Å². The Morgan fingerprint density at radius 3 is 2.26 bits per heavy atom. The minimum atomic E-state index is -1.28. The first-order valence-electron chi connectivity index (χ1n) is 10.8. The second-order valence-electron chi connectivity index (χ2n) is 8.91. The average molecular weight is 410 g/mol. The van der Waals surface area contributed by atoms with Gasteiger partial charge in [-0.3, -0.25) is 0 Å². The molecule has 0 radical (unpaired) electrons. The smallest absolute Gasteiger partial charge is 0.124 e. The maximum Gasteiger partial charge on any atom is 0.124 e. The van der Waals surface area contributed by atoms with E-state index in [0.29, 0.717) is 13.1 Å². The summed E-state index contributed by atoms with van der Waals surface area (Å²) in [5.74, 6) is 0. The van der Waals surface area contributed by atoms with E-state index in [1.54, 1.807) is 0 Å². The quantitative estimate of drug-likeness (QED) is 0.674. The molecule has 0 saturated heterocycles. The second-order valence-corrected chi connectivity index (χ2v) is 8.91. The van der Waals surface area contributed by atoms with Gasteiger partial charge in [-0.2, -0.15) is 5.26 Å². The molecule has 2 aliphatic rings. The molecular weight excluding hydrogens is 382 g/mol. The normalized spacial score (nSPS) is 19.0. The molecule has 2 heterocycles. The third kappa shape index (κ3) is 3.26. The minimum Gasteiger partial charge on any atom is -0.382 e. The van der Waals surface area contributed by atoms with Gasteiger partial charge in [-0.15, -0.1) is 0 Å². The number of aliphatic hydroxyl groups is 1. The fraction of sp³-hybridized carbons (Fsp3) is 0.296. The van der Waals surface area contributed by atoms with Gasteiger partial charge in [0, 0.05) is 31.0 Å². The van der Waals surface area contributed by atoms with Gasteiger partial charge in [-0.1, -0.05) is 65.7 Å². The van der Waals surface area contributed by atoms with Crippen molar-refractivity contribution < 1.29 is 5.11 Å². The Morgan fingerprint density at radius 1 is 0.935 bits per heavy atom. The van der Waals surface area contributed by atoms with Crippen LogP contribution in [-0.2, 0) is 18.7 Å². The molecule has 0 spiro atoms. The Hall–Kier alpha value is -3.29. The Kier molecular flexibility index (Phi) is 4.72. The summed E-state index contributed by atoms with van der Waals surface area (Å²) in [6.45, 7) is 6.38. The number of nitriles is 1. The van der Waals surface area contributed by atoms with E-state index in [2.05, 4.69) is 66.1 Å². The summed E-state index contributed by atoms with van der Waals surface area (Å²) in [4.78, 5) is 4.72. The Labute approximate surface area is 184 Å². The van der Waals surface area contributed by atoms with Crippen molar-refractivity contribution in [3.05, 3.63) is 94.5 Å². The molecule has 3 aromatic rings. The van der Waals surface area contributed by atoms with Crippen molar-refractivity contribution in [2.45, 2.75) is 45.0 Å². The number of aryl methyl sites for hydroxylation is 2. The molecule has 1 unspecified atom stereocenters. The molecule has 3 aromatic carbocycles. The molecule has 0 amide bonds. The summed E-state index contributed by atoms with van der Waals surface area (Å²) >= 11 is 0. The van der Waals surface area contributed by atoms with Gasteiger partial charge in [0.25, 0.3) is 0 Å². The van der Waals surface area contributed by atoms with E-state index in [9.17, 15) is 10.4 Å². The topological polar surface area (TPSA) is 50.5 Å². The van der Waals surface area contributed by atoms with E-state index in [1.807, 2.05) is 30.3 Å². The van der Waals surface area contributed by atoms with Crippen LogP contribution in [0.3, 0.4) is 0 Å². The molecule has 31 heavy (non-hydrogen) atoms. The molecule has 0 aliphatic carbocycles. The van der Waals surface area contributed by atoms with Crippen LogP contribution in [0.2, 0.25) is 0 Å². The molecule has 4 heteroatoms. The Morgan fingerprint density at radius 2 is 1.58 bits per heavy atom. The van der Waals surface area contributed by atoms with Gasteiger partial charge < -0.3 is 14.9 Å². The third-order valence-corrected chi connectivity index (χ3v) is 6.77. The average Bonchev–Trinajstić information content (AvgIpc) is 3.01. The SMILES string of the molecule is Cc1ccc2c(c1)CN1c3ccc(C)cc3CN2CC1[C@@](O)(CC#N)c1ccccc1. The Bertz CT molecular complexity index is 1170. The number of rotatable bonds is 3. The lowest BCUT2D eigenvalue weighted by Gasteiger charge is -2.42. The predicted octanol–water partition coefficient (Wildman–Crippen LogP) is 4.81. The van der Waals surface area contributed by atoms with Crippen molar-refractivity contribution in [2.75, 3.05) is 16.3 Å². The van der Waals surface area contributed by atoms with E-state index in [1.165, 1.54) is 27.9 Å². The van der Waals surface area contributed by atoms with Crippen LogP contribution in [-0.4, -0.2) is 17.7 Å². The van der Waals surface area contributed by atoms with Gasteiger partial charge in [0.15, 0.2) is 0 Å². The zero-order chi connectivity index (χ0) is 21.6. The highest BCUT2D eigenvalue weighted by Crippen LogP contribution is 2.43. The maximum absolute atomic E-state index is 12.1. The van der Waals surface area contributed by atoms with Gasteiger partial charge in [-0.05, 0) is 42.7 Å². The van der Waals surface area contributed by atoms with Crippen LogP contribution >= 0.6 is 0 Å². The third-order valence-electron chi connectivity index (χ3n) is 6.77. The van der Waals surface area contributed by atoms with Crippen LogP contribution in [0.15, 0.2) is 66.7 Å². The molecule has 2 bridgehead atoms. The summed E-state index contributed by atoms with van der Waals surface area (Å²) in [5, 5.41) is 21.8. The first kappa shape index (κ1) is 19.7. The van der Waals surface area contributed by atoms with Gasteiger partial charge in [0.05, 0.1) is 18.5 Å². The largest absolute Gasteiger partial charge is 0.382 e. The minimum absolute atomic E-state index is 0.0442. The van der Waals surface area contributed by atoms with E-state index < -0.39 is 5.60 Å². The number of hydrogen-bond donors (Lipinski definition) is 1. The number of nitrogens with zero attached hydrogens (tertiary/aromatic N) is 3. The van der Waals surface area contributed by atoms with Gasteiger partial charge >= 0.3 is 0 Å². The Balaban J connectivity index is 1.72. The predicted molar refractivity (Wildman–Crippen MR) is 124 cm³/mol. The van der Waals surface area contributed by atoms with Crippen LogP contribution in [0.5, 0.6) is 0 Å². The maximum atomic E-state index is 12.1. The zero-order valence-electron chi connectivity index (χ0n) is 18.0. The fourth-order valence-electron chi connectivity index (χ4n) is 5.25. The number of fused-ring (bicyclic) bond motifs is 7. The second kappa shape index (κ2) is 7.44. The van der Waals surface area contributed by atoms with E-state index >= 15 is 0 Å². The van der Waals surface area contributed by atoms with Crippen LogP contribution < -0.4 is 9.80 Å². The highest BCUT2D eigenvalue weighted by molar-refractivity contribution is 5.67. The summed E-state index contributed by atoms with van der Waals surface area (Å²) in [7, 11) is 0. The molecule has 2 atom stereocenters. The van der Waals surface area contributed by atoms with Crippen LogP contribution in [0.4, 0.5) is 11.4 Å². The summed E-state index contributed by atoms with van der Waals surface area (Å²) in [6, 6.07) is 24.9. The first-order valence-corrected chi connectivity index (χ1v) is 10.8. The van der Waals surface area contributed by atoms with Crippen molar-refractivity contribution in [2.24, 2.45) is 0 Å². The molecule has 156 valence electrons. The van der Waals surface area contributed by atoms with Crippen LogP contribution in [0, 0.1) is 25.2 Å². The molecule has 2 aliphatic heterocycles. The van der Waals surface area contributed by atoms with Gasteiger partial charge in [0.1, 0.15) is 5.60 Å². The molecule has 4 nitrogen and oxygen atoms in total. The standard InChI is InChI=1S/C27H27N3O/c1-19-8-10-24-22(15-19)17-30-25-11-9-20(2)14-21(25)16-29(24)18-26(30)27(31,12-13-28)23-6-4-3-5-7-23/h3-11,14-15,26,31H,12,16-18H2,1-2H3/t26?,27-/m1/s1. The number of anilines is 2. The van der Waals surface area contributed by atoms with Crippen molar-refractivity contribution in [3.8, 4) is 6.07 Å². The molecule has 1 N–H and O–H groups in total. The van der Waals surface area contributed by atoms with Gasteiger partial charge in [-0.25, -0.2) is 0 Å². The van der Waals surface area contributed by atoms with E-state index in [-0.39, 0.29) is 12.5 Å². The summed E-state index contributed by atoms with van der Waals surface area (Å²) < 4.78 is 0. The summed E-state index contributed by atoms with van der Waals surface area (Å²) in [6.07, 6.45) is 0.0442. The van der Waals surface area contributed by atoms with Crippen molar-refractivity contribution in [1.29, 1.82) is 5.26 Å².